The average Bonchev–Trinajstić information content (AvgIpc) is 2.83. The second kappa shape index (κ2) is 30.8. The highest BCUT2D eigenvalue weighted by atomic mass is 16.2. The fourth-order valence-corrected chi connectivity index (χ4v) is 2.81. The van der Waals surface area contributed by atoms with Crippen LogP contribution in [0.4, 0.5) is 0 Å². The van der Waals surface area contributed by atoms with E-state index in [0.717, 1.165) is 44.9 Å². The molecule has 0 heterocycles. The van der Waals surface area contributed by atoms with Gasteiger partial charge >= 0.3 is 0 Å². The lowest BCUT2D eigenvalue weighted by molar-refractivity contribution is -0.127. The van der Waals surface area contributed by atoms with Crippen LogP contribution in [-0.2, 0) is 9.59 Å². The quantitative estimate of drug-likeness (QED) is 0.169. The number of carbonyl (C=O) groups excluding carboxylic acids is 2. The standard InChI is InChI=1S/C27H43NO2.2C2H6/c1-5-6-7-8-9-10-11-12-13-14-15-16-17-18-19-20-21-22-27(30)28-26(25(4)29)23-24(2)3;2*1-2/h6-7,9-10,12-13,15-16,18-19,24,26H,5,8,11,14,17,20-23H2,1-4H3,(H,28,30);2*1-2H3/b7-6-,10-9-,13-12-,16-15-,19-18-;;. The Bertz CT molecular complexity index is 595. The number of carbonyl (C=O) groups is 2. The zero-order valence-corrected chi connectivity index (χ0v) is 23.6. The van der Waals surface area contributed by atoms with Gasteiger partial charge in [-0.2, -0.15) is 0 Å². The maximum atomic E-state index is 12.0. The van der Waals surface area contributed by atoms with Crippen molar-refractivity contribution in [3.63, 3.8) is 0 Å². The molecule has 0 aromatic heterocycles. The molecule has 0 aliphatic carbocycles. The van der Waals surface area contributed by atoms with Crippen LogP contribution in [-0.4, -0.2) is 17.7 Å². The summed E-state index contributed by atoms with van der Waals surface area (Å²) in [6.07, 6.45) is 29.7. The van der Waals surface area contributed by atoms with Crippen LogP contribution in [0.3, 0.4) is 0 Å². The fraction of sp³-hybridized carbons (Fsp3) is 0.613. The van der Waals surface area contributed by atoms with Gasteiger partial charge in [0.2, 0.25) is 5.91 Å². The summed E-state index contributed by atoms with van der Waals surface area (Å²) >= 11 is 0. The minimum absolute atomic E-state index is 0.0248. The Balaban J connectivity index is -0.00000227. The van der Waals surface area contributed by atoms with Crippen molar-refractivity contribution in [2.24, 2.45) is 5.92 Å². The average molecular weight is 474 g/mol. The molecular weight excluding hydrogens is 418 g/mol. The molecule has 0 saturated carbocycles. The summed E-state index contributed by atoms with van der Waals surface area (Å²) < 4.78 is 0. The predicted molar refractivity (Wildman–Crippen MR) is 153 cm³/mol. The fourth-order valence-electron chi connectivity index (χ4n) is 2.81. The monoisotopic (exact) mass is 473 g/mol. The summed E-state index contributed by atoms with van der Waals surface area (Å²) in [5.74, 6) is 0.401. The molecule has 1 N–H and O–H groups in total. The Kier molecular flexibility index (Phi) is 33.0. The molecule has 0 saturated heterocycles. The van der Waals surface area contributed by atoms with E-state index in [1.54, 1.807) is 6.92 Å². The van der Waals surface area contributed by atoms with Crippen LogP contribution >= 0.6 is 0 Å². The molecule has 0 fully saturated rings. The number of rotatable bonds is 17. The number of unbranched alkanes of at least 4 members (excludes halogenated alkanes) is 1. The number of hydrogen-bond donors (Lipinski definition) is 1. The van der Waals surface area contributed by atoms with E-state index >= 15 is 0 Å². The third-order valence-corrected chi connectivity index (χ3v) is 4.47. The van der Waals surface area contributed by atoms with Gasteiger partial charge in [0, 0.05) is 6.42 Å². The Hall–Kier alpha value is -2.16. The van der Waals surface area contributed by atoms with E-state index in [1.165, 1.54) is 0 Å². The number of amides is 1. The van der Waals surface area contributed by atoms with Gasteiger partial charge in [0.1, 0.15) is 0 Å². The van der Waals surface area contributed by atoms with E-state index in [4.69, 9.17) is 0 Å². The predicted octanol–water partition coefficient (Wildman–Crippen LogP) is 9.08. The molecule has 0 aliphatic rings. The summed E-state index contributed by atoms with van der Waals surface area (Å²) in [6, 6.07) is -0.341. The molecule has 0 aromatic rings. The van der Waals surface area contributed by atoms with Crippen molar-refractivity contribution in [3.05, 3.63) is 60.8 Å². The zero-order valence-electron chi connectivity index (χ0n) is 23.6. The molecule has 0 spiro atoms. The van der Waals surface area contributed by atoms with Gasteiger partial charge in [-0.15, -0.1) is 0 Å². The first-order valence-corrected chi connectivity index (χ1v) is 13.5. The highest BCUT2D eigenvalue weighted by molar-refractivity contribution is 5.87. The van der Waals surface area contributed by atoms with Gasteiger partial charge in [0.25, 0.3) is 0 Å². The maximum absolute atomic E-state index is 12.0. The zero-order chi connectivity index (χ0) is 26.5. The molecule has 0 aliphatic heterocycles. The first kappa shape index (κ1) is 36.4. The van der Waals surface area contributed by atoms with Crippen molar-refractivity contribution < 1.29 is 9.59 Å². The Morgan fingerprint density at radius 3 is 1.50 bits per heavy atom. The summed E-state index contributed by atoms with van der Waals surface area (Å²) in [4.78, 5) is 23.6. The highest BCUT2D eigenvalue weighted by Gasteiger charge is 2.17. The summed E-state index contributed by atoms with van der Waals surface area (Å²) in [5, 5.41) is 2.87. The third-order valence-electron chi connectivity index (χ3n) is 4.47. The number of Topliss-reactive ketones (excluding diaryl/α,β-unsaturated/α-hetero) is 1. The summed E-state index contributed by atoms with van der Waals surface area (Å²) in [5.41, 5.74) is 0. The van der Waals surface area contributed by atoms with Crippen molar-refractivity contribution in [3.8, 4) is 0 Å². The van der Waals surface area contributed by atoms with Crippen LogP contribution in [0.15, 0.2) is 60.8 Å². The van der Waals surface area contributed by atoms with E-state index in [-0.39, 0.29) is 17.7 Å². The number of ketones is 1. The van der Waals surface area contributed by atoms with Gasteiger partial charge in [-0.3, -0.25) is 9.59 Å². The minimum atomic E-state index is -0.341. The molecule has 3 nitrogen and oxygen atoms in total. The van der Waals surface area contributed by atoms with Crippen molar-refractivity contribution in [2.75, 3.05) is 0 Å². The van der Waals surface area contributed by atoms with Gasteiger partial charge in [-0.1, -0.05) is 109 Å². The van der Waals surface area contributed by atoms with Gasteiger partial charge < -0.3 is 5.32 Å². The van der Waals surface area contributed by atoms with Gasteiger partial charge in [-0.05, 0) is 64.2 Å². The second-order valence-corrected chi connectivity index (χ2v) is 7.96. The molecular formula is C31H55NO2. The largest absolute Gasteiger partial charge is 0.346 e. The van der Waals surface area contributed by atoms with Crippen molar-refractivity contribution in [2.45, 2.75) is 119 Å². The Morgan fingerprint density at radius 2 is 1.12 bits per heavy atom. The van der Waals surface area contributed by atoms with Crippen molar-refractivity contribution in [1.82, 2.24) is 5.32 Å². The van der Waals surface area contributed by atoms with E-state index in [2.05, 4.69) is 86.8 Å². The highest BCUT2D eigenvalue weighted by Crippen LogP contribution is 2.07. The summed E-state index contributed by atoms with van der Waals surface area (Å²) in [6.45, 7) is 15.8. The van der Waals surface area contributed by atoms with Crippen LogP contribution in [0.1, 0.15) is 113 Å². The summed E-state index contributed by atoms with van der Waals surface area (Å²) in [7, 11) is 0. The number of nitrogens with one attached hydrogen (secondary N) is 1. The Labute approximate surface area is 212 Å². The molecule has 196 valence electrons. The topological polar surface area (TPSA) is 46.2 Å². The minimum Gasteiger partial charge on any atom is -0.346 e. The van der Waals surface area contributed by atoms with E-state index in [1.807, 2.05) is 27.7 Å². The molecule has 1 unspecified atom stereocenters. The van der Waals surface area contributed by atoms with Crippen molar-refractivity contribution >= 4 is 11.7 Å². The maximum Gasteiger partial charge on any atom is 0.220 e. The van der Waals surface area contributed by atoms with Crippen LogP contribution in [0.25, 0.3) is 0 Å². The van der Waals surface area contributed by atoms with Crippen LogP contribution < -0.4 is 5.32 Å². The lowest BCUT2D eigenvalue weighted by Gasteiger charge is -2.17. The molecule has 1 amide bonds. The first-order valence-electron chi connectivity index (χ1n) is 13.5. The molecule has 0 rings (SSSR count). The van der Waals surface area contributed by atoms with Gasteiger partial charge in [0.15, 0.2) is 5.78 Å². The lowest BCUT2D eigenvalue weighted by atomic mass is 10.0. The molecule has 0 bridgehead atoms. The molecule has 0 radical (unpaired) electrons. The lowest BCUT2D eigenvalue weighted by Crippen LogP contribution is -2.40. The molecule has 1 atom stereocenters. The first-order chi connectivity index (χ1) is 16.5. The van der Waals surface area contributed by atoms with E-state index < -0.39 is 0 Å². The molecule has 34 heavy (non-hydrogen) atoms. The van der Waals surface area contributed by atoms with Gasteiger partial charge in [0.05, 0.1) is 6.04 Å². The second-order valence-electron chi connectivity index (χ2n) is 7.96. The normalized spacial score (nSPS) is 12.4. The Morgan fingerprint density at radius 1 is 0.706 bits per heavy atom. The SMILES string of the molecule is CC.CC.CC/C=C\C/C=C\C/C=C\C/C=C\C/C=C\CCCC(=O)NC(CC(C)C)C(C)=O. The van der Waals surface area contributed by atoms with Crippen molar-refractivity contribution in [1.29, 1.82) is 0 Å². The molecule has 0 aromatic carbocycles. The third kappa shape index (κ3) is 29.8. The molecule has 3 heteroatoms. The number of allylic oxidation sites excluding steroid dienone is 10. The van der Waals surface area contributed by atoms with Gasteiger partial charge in [-0.25, -0.2) is 0 Å². The number of hydrogen-bond acceptors (Lipinski definition) is 2. The van der Waals surface area contributed by atoms with Crippen LogP contribution in [0.5, 0.6) is 0 Å². The van der Waals surface area contributed by atoms with E-state index in [9.17, 15) is 9.59 Å². The van der Waals surface area contributed by atoms with Crippen LogP contribution in [0, 0.1) is 5.92 Å². The van der Waals surface area contributed by atoms with E-state index in [0.29, 0.717) is 18.8 Å². The smallest absolute Gasteiger partial charge is 0.220 e. The van der Waals surface area contributed by atoms with Crippen LogP contribution in [0.2, 0.25) is 0 Å².